The summed E-state index contributed by atoms with van der Waals surface area (Å²) < 4.78 is 5.50. The number of rotatable bonds is 5. The van der Waals surface area contributed by atoms with Crippen LogP contribution in [0.5, 0.6) is 5.75 Å². The Kier molecular flexibility index (Phi) is 4.57. The van der Waals surface area contributed by atoms with E-state index in [1.165, 1.54) is 0 Å². The Morgan fingerprint density at radius 3 is 2.78 bits per heavy atom. The third kappa shape index (κ3) is 3.05. The molecule has 0 aliphatic carbocycles. The van der Waals surface area contributed by atoms with Crippen LogP contribution in [0.1, 0.15) is 30.1 Å². The molecule has 0 bridgehead atoms. The summed E-state index contributed by atoms with van der Waals surface area (Å²) >= 11 is 0. The van der Waals surface area contributed by atoms with Crippen LogP contribution in [-0.2, 0) is 4.79 Å². The number of benzene rings is 1. The van der Waals surface area contributed by atoms with E-state index < -0.39 is 12.0 Å². The van der Waals surface area contributed by atoms with Gasteiger partial charge in [0.05, 0.1) is 18.8 Å². The van der Waals surface area contributed by atoms with Crippen molar-refractivity contribution in [3.05, 3.63) is 59.9 Å². The highest BCUT2D eigenvalue weighted by atomic mass is 16.5. The van der Waals surface area contributed by atoms with Crippen LogP contribution in [0, 0.1) is 0 Å². The lowest BCUT2D eigenvalue weighted by atomic mass is 9.99. The van der Waals surface area contributed by atoms with Crippen molar-refractivity contribution in [3.63, 3.8) is 0 Å². The normalized spacial score (nSPS) is 19.4. The Hall–Kier alpha value is -2.40. The first-order valence-corrected chi connectivity index (χ1v) is 7.74. The van der Waals surface area contributed by atoms with Gasteiger partial charge in [-0.3, -0.25) is 14.7 Å². The van der Waals surface area contributed by atoms with Gasteiger partial charge in [-0.05, 0) is 31.0 Å². The Bertz CT molecular complexity index is 675. The van der Waals surface area contributed by atoms with Crippen molar-refractivity contribution in [2.45, 2.75) is 24.9 Å². The van der Waals surface area contributed by atoms with Crippen LogP contribution in [-0.4, -0.2) is 40.7 Å². The molecule has 5 nitrogen and oxygen atoms in total. The van der Waals surface area contributed by atoms with Gasteiger partial charge in [0, 0.05) is 18.3 Å². The van der Waals surface area contributed by atoms with E-state index in [4.69, 9.17) is 4.74 Å². The second kappa shape index (κ2) is 6.79. The number of methoxy groups -OCH3 is 1. The van der Waals surface area contributed by atoms with Gasteiger partial charge in [-0.15, -0.1) is 0 Å². The minimum Gasteiger partial charge on any atom is -0.496 e. The molecule has 0 saturated carbocycles. The molecule has 1 saturated heterocycles. The van der Waals surface area contributed by atoms with E-state index in [0.717, 1.165) is 30.0 Å². The highest BCUT2D eigenvalue weighted by molar-refractivity contribution is 5.74. The molecule has 5 heteroatoms. The van der Waals surface area contributed by atoms with Crippen LogP contribution in [0.4, 0.5) is 0 Å². The number of para-hydroxylation sites is 1. The van der Waals surface area contributed by atoms with E-state index in [9.17, 15) is 9.90 Å². The summed E-state index contributed by atoms with van der Waals surface area (Å²) in [5.74, 6) is -0.0301. The van der Waals surface area contributed by atoms with Gasteiger partial charge in [0.2, 0.25) is 0 Å². The van der Waals surface area contributed by atoms with Crippen LogP contribution < -0.4 is 4.74 Å². The van der Waals surface area contributed by atoms with Crippen molar-refractivity contribution in [1.29, 1.82) is 0 Å². The summed E-state index contributed by atoms with van der Waals surface area (Å²) in [4.78, 5) is 18.1. The number of likely N-dealkylation sites (tertiary alicyclic amines) is 1. The highest BCUT2D eigenvalue weighted by Gasteiger charge is 2.38. The molecule has 0 radical (unpaired) electrons. The van der Waals surface area contributed by atoms with Crippen LogP contribution in [0.3, 0.4) is 0 Å². The van der Waals surface area contributed by atoms with E-state index in [1.807, 2.05) is 47.4 Å². The number of carboxylic acids is 1. The lowest BCUT2D eigenvalue weighted by Gasteiger charge is -2.32. The van der Waals surface area contributed by atoms with Crippen molar-refractivity contribution in [2.75, 3.05) is 13.7 Å². The third-order valence-electron chi connectivity index (χ3n) is 4.31. The van der Waals surface area contributed by atoms with Gasteiger partial charge in [-0.25, -0.2) is 0 Å². The maximum Gasteiger partial charge on any atom is 0.320 e. The SMILES string of the molecule is COc1ccccc1C(c1ccccn1)N1CCCC1C(=O)O. The van der Waals surface area contributed by atoms with Crippen LogP contribution in [0.2, 0.25) is 0 Å². The van der Waals surface area contributed by atoms with E-state index in [2.05, 4.69) is 4.98 Å². The lowest BCUT2D eigenvalue weighted by Crippen LogP contribution is -2.39. The first-order chi connectivity index (χ1) is 11.2. The molecule has 23 heavy (non-hydrogen) atoms. The van der Waals surface area contributed by atoms with Crippen molar-refractivity contribution in [1.82, 2.24) is 9.88 Å². The first kappa shape index (κ1) is 15.5. The number of hydrogen-bond donors (Lipinski definition) is 1. The van der Waals surface area contributed by atoms with Crippen molar-refractivity contribution in [2.24, 2.45) is 0 Å². The second-order valence-corrected chi connectivity index (χ2v) is 5.63. The molecule has 1 aliphatic heterocycles. The molecule has 3 rings (SSSR count). The zero-order valence-electron chi connectivity index (χ0n) is 13.1. The number of hydrogen-bond acceptors (Lipinski definition) is 4. The summed E-state index contributed by atoms with van der Waals surface area (Å²) in [6, 6.07) is 12.7. The van der Waals surface area contributed by atoms with Gasteiger partial charge in [0.25, 0.3) is 0 Å². The second-order valence-electron chi connectivity index (χ2n) is 5.63. The first-order valence-electron chi connectivity index (χ1n) is 7.74. The van der Waals surface area contributed by atoms with E-state index in [0.29, 0.717) is 6.42 Å². The van der Waals surface area contributed by atoms with Crippen molar-refractivity contribution < 1.29 is 14.6 Å². The molecule has 0 amide bonds. The molecule has 2 atom stereocenters. The average Bonchev–Trinajstić information content (AvgIpc) is 3.06. The molecule has 1 N–H and O–H groups in total. The highest BCUT2D eigenvalue weighted by Crippen LogP contribution is 2.37. The van der Waals surface area contributed by atoms with Gasteiger partial charge < -0.3 is 9.84 Å². The molecule has 2 heterocycles. The monoisotopic (exact) mass is 312 g/mol. The summed E-state index contributed by atoms with van der Waals surface area (Å²) in [6.07, 6.45) is 3.27. The van der Waals surface area contributed by atoms with E-state index >= 15 is 0 Å². The predicted octanol–water partition coefficient (Wildman–Crippen LogP) is 2.73. The number of pyridine rings is 1. The number of aromatic nitrogens is 1. The van der Waals surface area contributed by atoms with Crippen LogP contribution >= 0.6 is 0 Å². The zero-order chi connectivity index (χ0) is 16.2. The minimum absolute atomic E-state index is 0.226. The average molecular weight is 312 g/mol. The fraction of sp³-hybridized carbons (Fsp3) is 0.333. The number of ether oxygens (including phenoxy) is 1. The lowest BCUT2D eigenvalue weighted by molar-refractivity contribution is -0.142. The summed E-state index contributed by atoms with van der Waals surface area (Å²) in [5.41, 5.74) is 1.78. The predicted molar refractivity (Wildman–Crippen MR) is 86.4 cm³/mol. The Morgan fingerprint density at radius 1 is 1.30 bits per heavy atom. The number of nitrogens with zero attached hydrogens (tertiary/aromatic N) is 2. The van der Waals surface area contributed by atoms with Gasteiger partial charge in [0.1, 0.15) is 11.8 Å². The molecule has 2 aromatic rings. The summed E-state index contributed by atoms with van der Waals surface area (Å²) in [6.45, 7) is 0.732. The molecule has 1 fully saturated rings. The van der Waals surface area contributed by atoms with Crippen LogP contribution in [0.25, 0.3) is 0 Å². The maximum atomic E-state index is 11.6. The number of carbonyl (C=O) groups is 1. The maximum absolute atomic E-state index is 11.6. The third-order valence-corrected chi connectivity index (χ3v) is 4.31. The van der Waals surface area contributed by atoms with E-state index in [-0.39, 0.29) is 6.04 Å². The zero-order valence-corrected chi connectivity index (χ0v) is 13.1. The Labute approximate surface area is 135 Å². The molecule has 1 aromatic carbocycles. The molecule has 0 spiro atoms. The Morgan fingerprint density at radius 2 is 2.09 bits per heavy atom. The molecule has 2 unspecified atom stereocenters. The minimum atomic E-state index is -0.779. The molecular weight excluding hydrogens is 292 g/mol. The number of carboxylic acid groups (broad SMARTS) is 1. The van der Waals surface area contributed by atoms with Crippen molar-refractivity contribution in [3.8, 4) is 5.75 Å². The fourth-order valence-electron chi connectivity index (χ4n) is 3.30. The molecular formula is C18H20N2O3. The Balaban J connectivity index is 2.09. The molecule has 120 valence electrons. The van der Waals surface area contributed by atoms with Gasteiger partial charge in [-0.1, -0.05) is 24.3 Å². The van der Waals surface area contributed by atoms with Gasteiger partial charge >= 0.3 is 5.97 Å². The molecule has 1 aliphatic rings. The molecule has 1 aromatic heterocycles. The topological polar surface area (TPSA) is 62.7 Å². The fourth-order valence-corrected chi connectivity index (χ4v) is 3.30. The smallest absolute Gasteiger partial charge is 0.320 e. The van der Waals surface area contributed by atoms with E-state index in [1.54, 1.807) is 13.3 Å². The summed E-state index contributed by atoms with van der Waals surface area (Å²) in [5, 5.41) is 9.56. The number of aliphatic carboxylic acids is 1. The van der Waals surface area contributed by atoms with Crippen LogP contribution in [0.15, 0.2) is 48.7 Å². The van der Waals surface area contributed by atoms with Gasteiger partial charge in [-0.2, -0.15) is 0 Å². The standard InChI is InChI=1S/C18H20N2O3/c1-23-16-10-3-2-7-13(16)17(14-8-4-5-11-19-14)20-12-6-9-15(20)18(21)22/h2-5,7-8,10-11,15,17H,6,9,12H2,1H3,(H,21,22). The van der Waals surface area contributed by atoms with Gasteiger partial charge in [0.15, 0.2) is 0 Å². The summed E-state index contributed by atoms with van der Waals surface area (Å²) in [7, 11) is 1.63. The van der Waals surface area contributed by atoms with Crippen molar-refractivity contribution >= 4 is 5.97 Å². The quantitative estimate of drug-likeness (QED) is 0.920. The largest absolute Gasteiger partial charge is 0.496 e.